The van der Waals surface area contributed by atoms with Gasteiger partial charge in [0.2, 0.25) is 0 Å². The highest BCUT2D eigenvalue weighted by Crippen LogP contribution is 2.45. The van der Waals surface area contributed by atoms with Gasteiger partial charge >= 0.3 is 5.97 Å². The predicted octanol–water partition coefficient (Wildman–Crippen LogP) is 4.09. The van der Waals surface area contributed by atoms with Crippen LogP contribution in [0.3, 0.4) is 0 Å². The number of aliphatic carboxylic acids is 1. The van der Waals surface area contributed by atoms with Gasteiger partial charge in [0.1, 0.15) is 5.52 Å². The number of carbonyl (C=O) groups is 1. The number of rotatable bonds is 3. The quantitative estimate of drug-likeness (QED) is 0.926. The molecule has 1 fully saturated rings. The lowest BCUT2D eigenvalue weighted by atomic mass is 9.96. The van der Waals surface area contributed by atoms with Crippen LogP contribution in [0.15, 0.2) is 22.6 Å². The van der Waals surface area contributed by atoms with Crippen LogP contribution in [-0.4, -0.2) is 16.1 Å². The fourth-order valence-corrected chi connectivity index (χ4v) is 3.32. The van der Waals surface area contributed by atoms with E-state index < -0.39 is 11.9 Å². The fraction of sp³-hybridized carbons (Fsp3) is 0.467. The molecular weight excluding hydrogens is 278 g/mol. The Morgan fingerprint density at radius 3 is 2.95 bits per heavy atom. The maximum Gasteiger partial charge on any atom is 0.307 e. The topological polar surface area (TPSA) is 63.3 Å². The summed E-state index contributed by atoms with van der Waals surface area (Å²) < 4.78 is 5.75. The van der Waals surface area contributed by atoms with E-state index in [1.165, 1.54) is 0 Å². The first-order valence-corrected chi connectivity index (χ1v) is 7.25. The summed E-state index contributed by atoms with van der Waals surface area (Å²) in [6, 6.07) is 5.39. The molecule has 1 aromatic carbocycles. The molecule has 0 spiro atoms. The van der Waals surface area contributed by atoms with Gasteiger partial charge in [0.05, 0.1) is 10.9 Å². The van der Waals surface area contributed by atoms with Crippen LogP contribution in [0.4, 0.5) is 0 Å². The second-order valence-electron chi connectivity index (χ2n) is 5.44. The van der Waals surface area contributed by atoms with Crippen LogP contribution in [0, 0.1) is 11.8 Å². The lowest BCUT2D eigenvalue weighted by Crippen LogP contribution is -2.17. The summed E-state index contributed by atoms with van der Waals surface area (Å²) >= 11 is 6.08. The second-order valence-corrected chi connectivity index (χ2v) is 5.84. The molecule has 3 unspecified atom stereocenters. The Morgan fingerprint density at radius 2 is 2.30 bits per heavy atom. The van der Waals surface area contributed by atoms with Crippen LogP contribution >= 0.6 is 11.6 Å². The Balaban J connectivity index is 2.00. The molecule has 2 aromatic rings. The summed E-state index contributed by atoms with van der Waals surface area (Å²) in [5.74, 6) is -0.393. The van der Waals surface area contributed by atoms with Gasteiger partial charge in [-0.15, -0.1) is 0 Å². The molecule has 0 aliphatic heterocycles. The van der Waals surface area contributed by atoms with Crippen molar-refractivity contribution in [1.82, 2.24) is 4.98 Å². The van der Waals surface area contributed by atoms with Crippen LogP contribution in [0.25, 0.3) is 11.1 Å². The third-order valence-corrected chi connectivity index (χ3v) is 4.55. The zero-order chi connectivity index (χ0) is 14.3. The van der Waals surface area contributed by atoms with Crippen molar-refractivity contribution in [3.05, 3.63) is 29.1 Å². The van der Waals surface area contributed by atoms with Gasteiger partial charge in [-0.3, -0.25) is 4.79 Å². The average Bonchev–Trinajstić information content (AvgIpc) is 3.02. The number of fused-ring (bicyclic) bond motifs is 1. The standard InChI is InChI=1S/C15H16ClNO3/c1-2-8-6-9(10(7-8)15(18)19)14-17-12-5-3-4-11(16)13(12)20-14/h3-5,8-10H,2,6-7H2,1H3,(H,18,19). The Labute approximate surface area is 121 Å². The Kier molecular flexibility index (Phi) is 3.42. The Hall–Kier alpha value is -1.55. The van der Waals surface area contributed by atoms with Gasteiger partial charge in [0.15, 0.2) is 11.5 Å². The second kappa shape index (κ2) is 5.09. The van der Waals surface area contributed by atoms with Crippen molar-refractivity contribution >= 4 is 28.7 Å². The monoisotopic (exact) mass is 293 g/mol. The highest BCUT2D eigenvalue weighted by molar-refractivity contribution is 6.34. The van der Waals surface area contributed by atoms with E-state index in [1.54, 1.807) is 6.07 Å². The molecule has 0 bridgehead atoms. The van der Waals surface area contributed by atoms with Crippen LogP contribution < -0.4 is 0 Å². The molecule has 3 rings (SSSR count). The molecule has 5 heteroatoms. The van der Waals surface area contributed by atoms with Crippen LogP contribution in [0.1, 0.15) is 38.0 Å². The molecular formula is C15H16ClNO3. The average molecular weight is 294 g/mol. The summed E-state index contributed by atoms with van der Waals surface area (Å²) in [7, 11) is 0. The zero-order valence-corrected chi connectivity index (χ0v) is 11.9. The maximum atomic E-state index is 11.4. The molecule has 1 saturated carbocycles. The normalized spacial score (nSPS) is 26.2. The van der Waals surface area contributed by atoms with E-state index in [9.17, 15) is 9.90 Å². The van der Waals surface area contributed by atoms with Crippen LogP contribution in [0.2, 0.25) is 5.02 Å². The third kappa shape index (κ3) is 2.18. The molecule has 106 valence electrons. The van der Waals surface area contributed by atoms with Crippen molar-refractivity contribution < 1.29 is 14.3 Å². The van der Waals surface area contributed by atoms with Crippen molar-refractivity contribution in [1.29, 1.82) is 0 Å². The molecule has 3 atom stereocenters. The largest absolute Gasteiger partial charge is 0.481 e. The predicted molar refractivity (Wildman–Crippen MR) is 75.9 cm³/mol. The van der Waals surface area contributed by atoms with Gasteiger partial charge in [0, 0.05) is 5.92 Å². The summed E-state index contributed by atoms with van der Waals surface area (Å²) in [6.07, 6.45) is 2.50. The minimum atomic E-state index is -0.765. The van der Waals surface area contributed by atoms with E-state index in [4.69, 9.17) is 16.0 Å². The Morgan fingerprint density at radius 1 is 1.50 bits per heavy atom. The smallest absolute Gasteiger partial charge is 0.307 e. The number of carboxylic acid groups (broad SMARTS) is 1. The molecule has 0 saturated heterocycles. The third-order valence-electron chi connectivity index (χ3n) is 4.26. The SMILES string of the molecule is CCC1CC(C(=O)O)C(c2nc3cccc(Cl)c3o2)C1. The number of para-hydroxylation sites is 1. The van der Waals surface area contributed by atoms with Gasteiger partial charge in [0.25, 0.3) is 0 Å². The van der Waals surface area contributed by atoms with E-state index in [-0.39, 0.29) is 5.92 Å². The van der Waals surface area contributed by atoms with E-state index in [0.29, 0.717) is 34.4 Å². The fourth-order valence-electron chi connectivity index (χ4n) is 3.11. The first kappa shape index (κ1) is 13.4. The number of nitrogens with zero attached hydrogens (tertiary/aromatic N) is 1. The summed E-state index contributed by atoms with van der Waals surface area (Å²) in [5.41, 5.74) is 1.24. The lowest BCUT2D eigenvalue weighted by Gasteiger charge is -2.10. The molecule has 1 aliphatic carbocycles. The van der Waals surface area contributed by atoms with Crippen LogP contribution in [0.5, 0.6) is 0 Å². The highest BCUT2D eigenvalue weighted by Gasteiger charge is 2.41. The van der Waals surface area contributed by atoms with Gasteiger partial charge < -0.3 is 9.52 Å². The van der Waals surface area contributed by atoms with E-state index in [0.717, 1.165) is 12.8 Å². The first-order chi connectivity index (χ1) is 9.60. The number of oxazole rings is 1. The number of benzene rings is 1. The summed E-state index contributed by atoms with van der Waals surface area (Å²) in [6.45, 7) is 2.09. The van der Waals surface area contributed by atoms with Crippen molar-refractivity contribution in [3.63, 3.8) is 0 Å². The number of aromatic nitrogens is 1. The molecule has 1 N–H and O–H groups in total. The summed E-state index contributed by atoms with van der Waals surface area (Å²) in [4.78, 5) is 15.9. The zero-order valence-electron chi connectivity index (χ0n) is 11.2. The molecule has 0 amide bonds. The maximum absolute atomic E-state index is 11.4. The minimum absolute atomic E-state index is 0.152. The van der Waals surface area contributed by atoms with Crippen LogP contribution in [-0.2, 0) is 4.79 Å². The number of hydrogen-bond acceptors (Lipinski definition) is 3. The van der Waals surface area contributed by atoms with Crippen molar-refractivity contribution in [2.45, 2.75) is 32.1 Å². The Bertz CT molecular complexity index is 652. The van der Waals surface area contributed by atoms with Gasteiger partial charge in [-0.05, 0) is 30.9 Å². The van der Waals surface area contributed by atoms with E-state index in [1.807, 2.05) is 12.1 Å². The van der Waals surface area contributed by atoms with E-state index in [2.05, 4.69) is 11.9 Å². The number of hydrogen-bond donors (Lipinski definition) is 1. The first-order valence-electron chi connectivity index (χ1n) is 6.88. The molecule has 1 aromatic heterocycles. The van der Waals surface area contributed by atoms with Crippen molar-refractivity contribution in [3.8, 4) is 0 Å². The van der Waals surface area contributed by atoms with Crippen molar-refractivity contribution in [2.24, 2.45) is 11.8 Å². The number of halogens is 1. The molecule has 1 heterocycles. The number of carboxylic acids is 1. The summed E-state index contributed by atoms with van der Waals surface area (Å²) in [5, 5.41) is 9.90. The lowest BCUT2D eigenvalue weighted by molar-refractivity contribution is -0.142. The minimum Gasteiger partial charge on any atom is -0.481 e. The molecule has 0 radical (unpaired) electrons. The molecule has 20 heavy (non-hydrogen) atoms. The van der Waals surface area contributed by atoms with Gasteiger partial charge in [-0.1, -0.05) is 31.0 Å². The van der Waals surface area contributed by atoms with Crippen molar-refractivity contribution in [2.75, 3.05) is 0 Å². The van der Waals surface area contributed by atoms with E-state index >= 15 is 0 Å². The van der Waals surface area contributed by atoms with Gasteiger partial charge in [-0.25, -0.2) is 4.98 Å². The highest BCUT2D eigenvalue weighted by atomic mass is 35.5. The molecule has 4 nitrogen and oxygen atoms in total. The van der Waals surface area contributed by atoms with Gasteiger partial charge in [-0.2, -0.15) is 0 Å². The molecule has 1 aliphatic rings.